The number of hydrogen-bond donors (Lipinski definition) is 1. The Bertz CT molecular complexity index is 614. The van der Waals surface area contributed by atoms with Crippen molar-refractivity contribution >= 4 is 29.0 Å². The Morgan fingerprint density at radius 3 is 3.00 bits per heavy atom. The van der Waals surface area contributed by atoms with Gasteiger partial charge in [-0.15, -0.1) is 20.4 Å². The van der Waals surface area contributed by atoms with E-state index in [-0.39, 0.29) is 11.9 Å². The van der Waals surface area contributed by atoms with Gasteiger partial charge in [0.05, 0.1) is 18.4 Å². The van der Waals surface area contributed by atoms with E-state index in [1.165, 1.54) is 23.1 Å². The number of ether oxygens (including phenoxy) is 1. The summed E-state index contributed by atoms with van der Waals surface area (Å²) in [6.45, 7) is 4.98. The molecule has 1 N–H and O–H groups in total. The first-order chi connectivity index (χ1) is 10.6. The van der Waals surface area contributed by atoms with Gasteiger partial charge in [-0.05, 0) is 13.8 Å². The molecule has 0 spiro atoms. The van der Waals surface area contributed by atoms with Gasteiger partial charge in [0.15, 0.2) is 10.2 Å². The predicted molar refractivity (Wildman–Crippen MR) is 83.8 cm³/mol. The molecule has 1 unspecified atom stereocenters. The van der Waals surface area contributed by atoms with E-state index >= 15 is 0 Å². The molecule has 120 valence electrons. The molecule has 8 nitrogen and oxygen atoms in total. The van der Waals surface area contributed by atoms with Gasteiger partial charge in [-0.25, -0.2) is 0 Å². The minimum Gasteiger partial charge on any atom is -0.383 e. The van der Waals surface area contributed by atoms with Gasteiger partial charge in [0, 0.05) is 13.7 Å². The standard InChI is InChI=1S/C12H18N6O2S2/c1-8(11-16-13-7-18(11)4-5-20-3)14-10(19)6-21-12-17-15-9(2)22-12/h7-8H,4-6H2,1-3H3,(H,14,19). The van der Waals surface area contributed by atoms with E-state index in [1.54, 1.807) is 13.4 Å². The Morgan fingerprint density at radius 2 is 2.32 bits per heavy atom. The number of amides is 1. The van der Waals surface area contributed by atoms with Gasteiger partial charge < -0.3 is 14.6 Å². The molecule has 0 saturated carbocycles. The maximum atomic E-state index is 12.0. The van der Waals surface area contributed by atoms with Crippen molar-refractivity contribution in [2.24, 2.45) is 0 Å². The van der Waals surface area contributed by atoms with Crippen LogP contribution in [0.1, 0.15) is 23.8 Å². The molecule has 22 heavy (non-hydrogen) atoms. The smallest absolute Gasteiger partial charge is 0.231 e. The molecular weight excluding hydrogens is 324 g/mol. The summed E-state index contributed by atoms with van der Waals surface area (Å²) in [6, 6.07) is -0.219. The molecule has 1 atom stereocenters. The van der Waals surface area contributed by atoms with E-state index in [2.05, 4.69) is 25.7 Å². The van der Waals surface area contributed by atoms with E-state index in [4.69, 9.17) is 4.74 Å². The maximum Gasteiger partial charge on any atom is 0.231 e. The van der Waals surface area contributed by atoms with E-state index in [1.807, 2.05) is 18.4 Å². The third-order valence-electron chi connectivity index (χ3n) is 2.78. The molecule has 0 aromatic carbocycles. The van der Waals surface area contributed by atoms with Crippen molar-refractivity contribution in [3.05, 3.63) is 17.2 Å². The van der Waals surface area contributed by atoms with Crippen molar-refractivity contribution in [1.29, 1.82) is 0 Å². The third-order valence-corrected chi connectivity index (χ3v) is 4.75. The zero-order valence-electron chi connectivity index (χ0n) is 12.6. The minimum atomic E-state index is -0.219. The zero-order chi connectivity index (χ0) is 15.9. The summed E-state index contributed by atoms with van der Waals surface area (Å²) in [5.41, 5.74) is 0. The molecule has 2 rings (SSSR count). The summed E-state index contributed by atoms with van der Waals surface area (Å²) < 4.78 is 7.71. The van der Waals surface area contributed by atoms with Crippen LogP contribution in [0.2, 0.25) is 0 Å². The first-order valence-corrected chi connectivity index (χ1v) is 8.49. The molecule has 1 amide bonds. The summed E-state index contributed by atoms with van der Waals surface area (Å²) in [5, 5.41) is 19.6. The lowest BCUT2D eigenvalue weighted by Gasteiger charge is -2.14. The lowest BCUT2D eigenvalue weighted by Crippen LogP contribution is -2.30. The second-order valence-electron chi connectivity index (χ2n) is 4.54. The van der Waals surface area contributed by atoms with Crippen LogP contribution in [0.15, 0.2) is 10.7 Å². The van der Waals surface area contributed by atoms with Gasteiger partial charge in [-0.1, -0.05) is 23.1 Å². The van der Waals surface area contributed by atoms with Crippen molar-refractivity contribution in [3.8, 4) is 0 Å². The van der Waals surface area contributed by atoms with Crippen LogP contribution < -0.4 is 5.32 Å². The summed E-state index contributed by atoms with van der Waals surface area (Å²) >= 11 is 2.85. The number of thioether (sulfide) groups is 1. The molecule has 0 fully saturated rings. The normalized spacial score (nSPS) is 12.3. The first kappa shape index (κ1) is 16.8. The topological polar surface area (TPSA) is 94.8 Å². The number of methoxy groups -OCH3 is 1. The fraction of sp³-hybridized carbons (Fsp3) is 0.583. The fourth-order valence-electron chi connectivity index (χ4n) is 1.77. The van der Waals surface area contributed by atoms with Crippen LogP contribution in [0, 0.1) is 6.92 Å². The molecule has 2 aromatic heterocycles. The first-order valence-electron chi connectivity index (χ1n) is 6.69. The molecule has 0 bridgehead atoms. The van der Waals surface area contributed by atoms with Crippen molar-refractivity contribution < 1.29 is 9.53 Å². The lowest BCUT2D eigenvalue weighted by atomic mass is 10.3. The number of carbonyl (C=O) groups excluding carboxylic acids is 1. The largest absolute Gasteiger partial charge is 0.383 e. The molecule has 0 aliphatic heterocycles. The monoisotopic (exact) mass is 342 g/mol. The highest BCUT2D eigenvalue weighted by Gasteiger charge is 2.16. The van der Waals surface area contributed by atoms with Crippen molar-refractivity contribution in [2.45, 2.75) is 30.8 Å². The predicted octanol–water partition coefficient (Wildman–Crippen LogP) is 1.05. The van der Waals surface area contributed by atoms with Crippen molar-refractivity contribution in [3.63, 3.8) is 0 Å². The second-order valence-corrected chi connectivity index (χ2v) is 6.94. The van der Waals surface area contributed by atoms with E-state index in [0.717, 1.165) is 9.35 Å². The highest BCUT2D eigenvalue weighted by molar-refractivity contribution is 8.01. The van der Waals surface area contributed by atoms with E-state index in [0.29, 0.717) is 24.7 Å². The third kappa shape index (κ3) is 4.75. The fourth-order valence-corrected chi connectivity index (χ4v) is 3.40. The van der Waals surface area contributed by atoms with Crippen LogP contribution in [-0.4, -0.2) is 50.3 Å². The van der Waals surface area contributed by atoms with Crippen LogP contribution in [0.4, 0.5) is 0 Å². The molecule has 2 heterocycles. The summed E-state index contributed by atoms with van der Waals surface area (Å²) in [5.74, 6) is 0.930. The van der Waals surface area contributed by atoms with E-state index < -0.39 is 0 Å². The Morgan fingerprint density at radius 1 is 1.50 bits per heavy atom. The second kappa shape index (κ2) is 8.20. The maximum absolute atomic E-state index is 12.0. The van der Waals surface area contributed by atoms with Crippen LogP contribution in [-0.2, 0) is 16.1 Å². The SMILES string of the molecule is COCCn1cnnc1C(C)NC(=O)CSc1nnc(C)s1. The van der Waals surface area contributed by atoms with Crippen LogP contribution in [0.3, 0.4) is 0 Å². The number of nitrogens with one attached hydrogen (secondary N) is 1. The molecule has 10 heteroatoms. The van der Waals surface area contributed by atoms with E-state index in [9.17, 15) is 4.79 Å². The molecule has 0 saturated heterocycles. The quantitative estimate of drug-likeness (QED) is 0.717. The van der Waals surface area contributed by atoms with Gasteiger partial charge in [-0.2, -0.15) is 0 Å². The Hall–Kier alpha value is -1.52. The number of hydrogen-bond acceptors (Lipinski definition) is 8. The molecule has 2 aromatic rings. The highest BCUT2D eigenvalue weighted by Crippen LogP contribution is 2.21. The Balaban J connectivity index is 1.84. The lowest BCUT2D eigenvalue weighted by molar-refractivity contribution is -0.119. The number of rotatable bonds is 8. The average molecular weight is 342 g/mol. The Kier molecular flexibility index (Phi) is 6.28. The average Bonchev–Trinajstić information content (AvgIpc) is 3.11. The van der Waals surface area contributed by atoms with Crippen LogP contribution >= 0.6 is 23.1 Å². The molecule has 0 aliphatic rings. The molecule has 0 aliphatic carbocycles. The van der Waals surface area contributed by atoms with Crippen LogP contribution in [0.5, 0.6) is 0 Å². The van der Waals surface area contributed by atoms with Gasteiger partial charge in [0.2, 0.25) is 5.91 Å². The number of nitrogens with zero attached hydrogens (tertiary/aromatic N) is 5. The molecule has 0 radical (unpaired) electrons. The van der Waals surface area contributed by atoms with Gasteiger partial charge >= 0.3 is 0 Å². The molecular formula is C12H18N6O2S2. The number of carbonyl (C=O) groups is 1. The van der Waals surface area contributed by atoms with Crippen molar-refractivity contribution in [2.75, 3.05) is 19.5 Å². The minimum absolute atomic E-state index is 0.0772. The summed E-state index contributed by atoms with van der Waals surface area (Å²) in [4.78, 5) is 12.0. The number of aromatic nitrogens is 5. The highest BCUT2D eigenvalue weighted by atomic mass is 32.2. The van der Waals surface area contributed by atoms with Crippen LogP contribution in [0.25, 0.3) is 0 Å². The van der Waals surface area contributed by atoms with Gasteiger partial charge in [0.1, 0.15) is 11.3 Å². The van der Waals surface area contributed by atoms with Crippen molar-refractivity contribution in [1.82, 2.24) is 30.3 Å². The zero-order valence-corrected chi connectivity index (χ0v) is 14.3. The Labute approximate surface area is 136 Å². The number of aryl methyl sites for hydroxylation is 1. The van der Waals surface area contributed by atoms with Gasteiger partial charge in [-0.3, -0.25) is 4.79 Å². The van der Waals surface area contributed by atoms with Gasteiger partial charge in [0.25, 0.3) is 0 Å². The summed E-state index contributed by atoms with van der Waals surface area (Å²) in [7, 11) is 1.64. The summed E-state index contributed by atoms with van der Waals surface area (Å²) in [6.07, 6.45) is 1.63.